The maximum atomic E-state index is 13.1. The second-order valence-electron chi connectivity index (χ2n) is 8.04. The number of nitrogens with zero attached hydrogens (tertiary/aromatic N) is 1. The summed E-state index contributed by atoms with van der Waals surface area (Å²) in [6.07, 6.45) is 0.698. The molecule has 0 bridgehead atoms. The van der Waals surface area contributed by atoms with E-state index in [-0.39, 0.29) is 17.4 Å². The van der Waals surface area contributed by atoms with E-state index in [2.05, 4.69) is 19.2 Å². The van der Waals surface area contributed by atoms with Crippen molar-refractivity contribution in [2.75, 3.05) is 22.8 Å². The van der Waals surface area contributed by atoms with Gasteiger partial charge < -0.3 is 10.1 Å². The van der Waals surface area contributed by atoms with E-state index >= 15 is 0 Å². The van der Waals surface area contributed by atoms with Crippen molar-refractivity contribution < 1.29 is 17.9 Å². The van der Waals surface area contributed by atoms with Crippen LogP contribution in [0, 0.1) is 0 Å². The molecule has 0 aliphatic carbocycles. The van der Waals surface area contributed by atoms with Crippen molar-refractivity contribution in [1.29, 1.82) is 0 Å². The first-order chi connectivity index (χ1) is 15.3. The molecule has 0 unspecified atom stereocenters. The number of amides is 1. The lowest BCUT2D eigenvalue weighted by molar-refractivity contribution is -0.118. The summed E-state index contributed by atoms with van der Waals surface area (Å²) < 4.78 is 33.1. The van der Waals surface area contributed by atoms with Crippen LogP contribution in [0.25, 0.3) is 0 Å². The van der Waals surface area contributed by atoms with Crippen LogP contribution in [-0.4, -0.2) is 27.5 Å². The minimum Gasteiger partial charge on any atom is -0.484 e. The highest BCUT2D eigenvalue weighted by molar-refractivity contribution is 7.92. The molecule has 1 N–H and O–H groups in total. The maximum absolute atomic E-state index is 13.1. The van der Waals surface area contributed by atoms with Crippen LogP contribution < -0.4 is 14.4 Å². The molecule has 3 aromatic carbocycles. The zero-order valence-electron chi connectivity index (χ0n) is 18.1. The van der Waals surface area contributed by atoms with Gasteiger partial charge in [-0.3, -0.25) is 9.10 Å². The highest BCUT2D eigenvalue weighted by atomic mass is 32.2. The van der Waals surface area contributed by atoms with Gasteiger partial charge in [-0.2, -0.15) is 0 Å². The van der Waals surface area contributed by atoms with E-state index in [4.69, 9.17) is 4.74 Å². The van der Waals surface area contributed by atoms with Crippen LogP contribution in [-0.2, 0) is 21.2 Å². The third-order valence-electron chi connectivity index (χ3n) is 5.49. The van der Waals surface area contributed by atoms with E-state index in [1.165, 1.54) is 22.0 Å². The highest BCUT2D eigenvalue weighted by Crippen LogP contribution is 2.32. The molecule has 7 heteroatoms. The van der Waals surface area contributed by atoms with Crippen molar-refractivity contribution >= 4 is 27.3 Å². The van der Waals surface area contributed by atoms with E-state index < -0.39 is 10.0 Å². The first kappa shape index (κ1) is 21.9. The molecule has 0 spiro atoms. The van der Waals surface area contributed by atoms with Gasteiger partial charge in [-0.05, 0) is 65.9 Å². The van der Waals surface area contributed by atoms with Crippen LogP contribution in [0.1, 0.15) is 30.9 Å². The van der Waals surface area contributed by atoms with E-state index in [1.807, 2.05) is 48.5 Å². The van der Waals surface area contributed by atoms with Gasteiger partial charge in [0, 0.05) is 12.2 Å². The molecular formula is C25H26N2O4S. The lowest BCUT2D eigenvalue weighted by Gasteiger charge is -2.19. The minimum atomic E-state index is -3.66. The Bertz CT molecular complexity index is 1200. The van der Waals surface area contributed by atoms with Crippen molar-refractivity contribution in [3.8, 4) is 5.75 Å². The Labute approximate surface area is 188 Å². The molecule has 3 aromatic rings. The Morgan fingerprint density at radius 3 is 2.38 bits per heavy atom. The Morgan fingerprint density at radius 2 is 1.69 bits per heavy atom. The molecule has 0 aromatic heterocycles. The first-order valence-electron chi connectivity index (χ1n) is 10.6. The Balaban J connectivity index is 1.37. The summed E-state index contributed by atoms with van der Waals surface area (Å²) in [5, 5.41) is 2.73. The highest BCUT2D eigenvalue weighted by Gasteiger charge is 2.30. The molecule has 0 fully saturated rings. The average molecular weight is 451 g/mol. The fraction of sp³-hybridized carbons (Fsp3) is 0.240. The zero-order valence-corrected chi connectivity index (χ0v) is 18.9. The fourth-order valence-corrected chi connectivity index (χ4v) is 5.19. The van der Waals surface area contributed by atoms with Gasteiger partial charge in [0.2, 0.25) is 0 Å². The monoisotopic (exact) mass is 450 g/mol. The number of ether oxygens (including phenoxy) is 1. The van der Waals surface area contributed by atoms with E-state index in [0.717, 1.165) is 11.3 Å². The van der Waals surface area contributed by atoms with Gasteiger partial charge in [-0.25, -0.2) is 8.42 Å². The fourth-order valence-electron chi connectivity index (χ4n) is 3.69. The van der Waals surface area contributed by atoms with Gasteiger partial charge in [0.05, 0.1) is 10.6 Å². The summed E-state index contributed by atoms with van der Waals surface area (Å²) in [5.74, 6) is 0.734. The summed E-state index contributed by atoms with van der Waals surface area (Å²) in [4.78, 5) is 12.4. The number of sulfonamides is 1. The second kappa shape index (κ2) is 9.04. The van der Waals surface area contributed by atoms with Crippen LogP contribution in [0.5, 0.6) is 5.75 Å². The van der Waals surface area contributed by atoms with Gasteiger partial charge in [0.25, 0.3) is 15.9 Å². The number of nitrogens with one attached hydrogen (secondary N) is 1. The quantitative estimate of drug-likeness (QED) is 0.572. The van der Waals surface area contributed by atoms with Gasteiger partial charge in [0.1, 0.15) is 5.75 Å². The Hall–Kier alpha value is -3.32. The predicted octanol–water partition coefficient (Wildman–Crippen LogP) is 4.58. The van der Waals surface area contributed by atoms with E-state index in [1.54, 1.807) is 12.1 Å². The van der Waals surface area contributed by atoms with Crippen molar-refractivity contribution in [3.05, 3.63) is 83.9 Å². The molecular weight excluding hydrogens is 424 g/mol. The van der Waals surface area contributed by atoms with Gasteiger partial charge in [-0.1, -0.05) is 44.2 Å². The lowest BCUT2D eigenvalue weighted by Crippen LogP contribution is -2.29. The van der Waals surface area contributed by atoms with Gasteiger partial charge >= 0.3 is 0 Å². The topological polar surface area (TPSA) is 75.7 Å². The molecule has 166 valence electrons. The zero-order chi connectivity index (χ0) is 22.7. The number of fused-ring (bicyclic) bond motifs is 1. The minimum absolute atomic E-state index is 0.133. The van der Waals surface area contributed by atoms with E-state index in [0.29, 0.717) is 30.3 Å². The van der Waals surface area contributed by atoms with Crippen LogP contribution in [0.2, 0.25) is 0 Å². The summed E-state index contributed by atoms with van der Waals surface area (Å²) in [6.45, 7) is 4.52. The molecule has 1 amide bonds. The normalized spacial score (nSPS) is 13.2. The molecule has 4 rings (SSSR count). The van der Waals surface area contributed by atoms with Crippen LogP contribution in [0.3, 0.4) is 0 Å². The molecule has 32 heavy (non-hydrogen) atoms. The molecule has 0 atom stereocenters. The number of carbonyl (C=O) groups is 1. The second-order valence-corrected chi connectivity index (χ2v) is 9.90. The van der Waals surface area contributed by atoms with Crippen molar-refractivity contribution in [3.63, 3.8) is 0 Å². The maximum Gasteiger partial charge on any atom is 0.264 e. The largest absolute Gasteiger partial charge is 0.484 e. The predicted molar refractivity (Wildman–Crippen MR) is 126 cm³/mol. The van der Waals surface area contributed by atoms with Crippen molar-refractivity contribution in [2.45, 2.75) is 31.1 Å². The number of benzene rings is 3. The first-order valence-corrected chi connectivity index (χ1v) is 12.0. The van der Waals surface area contributed by atoms with E-state index in [9.17, 15) is 13.2 Å². The summed E-state index contributed by atoms with van der Waals surface area (Å²) >= 11 is 0. The van der Waals surface area contributed by atoms with Crippen molar-refractivity contribution in [2.24, 2.45) is 0 Å². The molecule has 1 heterocycles. The number of hydrogen-bond acceptors (Lipinski definition) is 4. The third kappa shape index (κ3) is 4.62. The SMILES string of the molecule is CC(C)c1ccc(OCC(=O)Nc2ccc(S(=O)(=O)N3CCc4ccccc43)cc2)cc1. The molecule has 0 radical (unpaired) electrons. The summed E-state index contributed by atoms with van der Waals surface area (Å²) in [6, 6.07) is 21.4. The smallest absolute Gasteiger partial charge is 0.264 e. The van der Waals surface area contributed by atoms with Crippen LogP contribution in [0.15, 0.2) is 77.7 Å². The Morgan fingerprint density at radius 1 is 1.00 bits per heavy atom. The standard InChI is InChI=1S/C25H26N2O4S/c1-18(2)19-7-11-22(12-8-19)31-17-25(28)26-21-9-13-23(14-10-21)32(29,30)27-16-15-20-5-3-4-6-24(20)27/h3-14,18H,15-17H2,1-2H3,(H,26,28). The van der Waals surface area contributed by atoms with Crippen LogP contribution >= 0.6 is 0 Å². The number of hydrogen-bond donors (Lipinski definition) is 1. The molecule has 6 nitrogen and oxygen atoms in total. The lowest BCUT2D eigenvalue weighted by atomic mass is 10.0. The summed E-state index contributed by atoms with van der Waals surface area (Å²) in [5.41, 5.74) is 3.46. The van der Waals surface area contributed by atoms with Crippen LogP contribution in [0.4, 0.5) is 11.4 Å². The molecule has 1 aliphatic rings. The summed E-state index contributed by atoms with van der Waals surface area (Å²) in [7, 11) is -3.66. The number of para-hydroxylation sites is 1. The molecule has 1 aliphatic heterocycles. The number of rotatable bonds is 7. The number of anilines is 2. The average Bonchev–Trinajstić information content (AvgIpc) is 3.23. The van der Waals surface area contributed by atoms with Gasteiger partial charge in [0.15, 0.2) is 6.61 Å². The third-order valence-corrected chi connectivity index (χ3v) is 7.31. The van der Waals surface area contributed by atoms with Gasteiger partial charge in [-0.15, -0.1) is 0 Å². The van der Waals surface area contributed by atoms with Crippen molar-refractivity contribution in [1.82, 2.24) is 0 Å². The molecule has 0 saturated carbocycles. The number of carbonyl (C=O) groups excluding carboxylic acids is 1. The Kier molecular flexibility index (Phi) is 6.19. The molecule has 0 saturated heterocycles.